The highest BCUT2D eigenvalue weighted by Gasteiger charge is 2.18. The number of fused-ring (bicyclic) bond motifs is 1. The Balaban J connectivity index is 2.21. The van der Waals surface area contributed by atoms with E-state index in [4.69, 9.17) is 0 Å². The minimum absolute atomic E-state index is 0.0116. The van der Waals surface area contributed by atoms with Gasteiger partial charge in [0.1, 0.15) is 5.52 Å². The van der Waals surface area contributed by atoms with Gasteiger partial charge in [0.25, 0.3) is 0 Å². The Morgan fingerprint density at radius 1 is 1.25 bits per heavy atom. The van der Waals surface area contributed by atoms with E-state index >= 15 is 0 Å². The number of nitrogens with zero attached hydrogens (tertiary/aromatic N) is 3. The van der Waals surface area contributed by atoms with Crippen LogP contribution in [-0.4, -0.2) is 25.6 Å². The smallest absolute Gasteiger partial charge is 0.372 e. The van der Waals surface area contributed by atoms with Crippen molar-refractivity contribution in [1.82, 2.24) is 14.5 Å². The summed E-state index contributed by atoms with van der Waals surface area (Å²) in [4.78, 5) is 19.5. The predicted octanol–water partition coefficient (Wildman–Crippen LogP) is 2.94. The maximum Gasteiger partial charge on any atom is 0.372 e. The van der Waals surface area contributed by atoms with Crippen LogP contribution in [0.4, 0.5) is 0 Å². The van der Waals surface area contributed by atoms with Crippen LogP contribution in [0.5, 0.6) is 0 Å². The molecule has 0 aliphatic carbocycles. The van der Waals surface area contributed by atoms with Crippen molar-refractivity contribution in [2.24, 2.45) is 0 Å². The molecule has 0 unspecified atom stereocenters. The lowest BCUT2D eigenvalue weighted by Gasteiger charge is -2.07. The lowest BCUT2D eigenvalue weighted by molar-refractivity contribution is 0.0679. The number of halogens is 1. The first kappa shape index (κ1) is 12.8. The highest BCUT2D eigenvalue weighted by atomic mass is 79.9. The maximum absolute atomic E-state index is 11.4. The van der Waals surface area contributed by atoms with Gasteiger partial charge in [0, 0.05) is 12.7 Å². The number of pyridine rings is 1. The SMILES string of the molecule is O=C(O)c1nc2cncc(Br)c2n1Cc1ccccc1. The zero-order valence-corrected chi connectivity index (χ0v) is 11.9. The summed E-state index contributed by atoms with van der Waals surface area (Å²) in [5.74, 6) is -1.04. The fourth-order valence-electron chi connectivity index (χ4n) is 2.13. The molecule has 0 fully saturated rings. The molecule has 0 radical (unpaired) electrons. The largest absolute Gasteiger partial charge is 0.475 e. The number of benzene rings is 1. The van der Waals surface area contributed by atoms with Crippen LogP contribution < -0.4 is 0 Å². The number of carbonyl (C=O) groups is 1. The van der Waals surface area contributed by atoms with Crippen molar-refractivity contribution in [3.05, 3.63) is 58.6 Å². The van der Waals surface area contributed by atoms with Crippen LogP contribution in [-0.2, 0) is 6.54 Å². The molecule has 2 aromatic heterocycles. The van der Waals surface area contributed by atoms with Crippen molar-refractivity contribution < 1.29 is 9.90 Å². The van der Waals surface area contributed by atoms with Crippen molar-refractivity contribution in [3.63, 3.8) is 0 Å². The van der Waals surface area contributed by atoms with Gasteiger partial charge in [-0.05, 0) is 21.5 Å². The molecule has 0 amide bonds. The standard InChI is InChI=1S/C14H10BrN3O2/c15-10-6-16-7-11-12(10)18(13(17-11)14(19)20)8-9-4-2-1-3-5-9/h1-7H,8H2,(H,19,20). The predicted molar refractivity (Wildman–Crippen MR) is 77.7 cm³/mol. The molecular formula is C14H10BrN3O2. The van der Waals surface area contributed by atoms with Crippen molar-refractivity contribution >= 4 is 32.9 Å². The number of rotatable bonds is 3. The molecule has 0 aliphatic rings. The molecule has 0 saturated heterocycles. The summed E-state index contributed by atoms with van der Waals surface area (Å²) in [6.45, 7) is 0.446. The molecule has 3 aromatic rings. The second kappa shape index (κ2) is 5.05. The Labute approximate surface area is 123 Å². The van der Waals surface area contributed by atoms with E-state index in [1.54, 1.807) is 17.0 Å². The number of carboxylic acid groups (broad SMARTS) is 1. The van der Waals surface area contributed by atoms with E-state index in [2.05, 4.69) is 25.9 Å². The summed E-state index contributed by atoms with van der Waals surface area (Å²) < 4.78 is 2.41. The fraction of sp³-hybridized carbons (Fsp3) is 0.0714. The van der Waals surface area contributed by atoms with Crippen LogP contribution >= 0.6 is 15.9 Å². The molecule has 0 atom stereocenters. The number of aromatic carboxylic acids is 1. The van der Waals surface area contributed by atoms with Crippen molar-refractivity contribution in [2.45, 2.75) is 6.54 Å². The average Bonchev–Trinajstić information content (AvgIpc) is 2.80. The van der Waals surface area contributed by atoms with Gasteiger partial charge in [-0.3, -0.25) is 4.98 Å². The summed E-state index contributed by atoms with van der Waals surface area (Å²) in [6.07, 6.45) is 3.20. The number of imidazole rings is 1. The summed E-state index contributed by atoms with van der Waals surface area (Å²) in [7, 11) is 0. The van der Waals surface area contributed by atoms with Gasteiger partial charge >= 0.3 is 5.97 Å². The Morgan fingerprint density at radius 3 is 2.70 bits per heavy atom. The van der Waals surface area contributed by atoms with Crippen LogP contribution in [0.15, 0.2) is 47.2 Å². The number of hydrogen-bond donors (Lipinski definition) is 1. The molecule has 0 bridgehead atoms. The highest BCUT2D eigenvalue weighted by Crippen LogP contribution is 2.25. The molecule has 5 nitrogen and oxygen atoms in total. The Bertz CT molecular complexity index is 784. The number of aromatic nitrogens is 3. The molecule has 1 N–H and O–H groups in total. The van der Waals surface area contributed by atoms with Crippen LogP contribution in [0.25, 0.3) is 11.0 Å². The second-order valence-corrected chi connectivity index (χ2v) is 5.16. The normalized spacial score (nSPS) is 10.8. The van der Waals surface area contributed by atoms with Crippen LogP contribution in [0.1, 0.15) is 16.2 Å². The molecule has 20 heavy (non-hydrogen) atoms. The van der Waals surface area contributed by atoms with E-state index in [-0.39, 0.29) is 5.82 Å². The van der Waals surface area contributed by atoms with E-state index in [0.29, 0.717) is 12.1 Å². The maximum atomic E-state index is 11.4. The zero-order chi connectivity index (χ0) is 14.1. The lowest BCUT2D eigenvalue weighted by atomic mass is 10.2. The van der Waals surface area contributed by atoms with E-state index in [1.165, 1.54) is 0 Å². The quantitative estimate of drug-likeness (QED) is 0.801. The fourth-order valence-corrected chi connectivity index (χ4v) is 2.67. The van der Waals surface area contributed by atoms with Crippen molar-refractivity contribution in [1.29, 1.82) is 0 Å². The zero-order valence-electron chi connectivity index (χ0n) is 10.3. The van der Waals surface area contributed by atoms with Crippen molar-refractivity contribution in [2.75, 3.05) is 0 Å². The van der Waals surface area contributed by atoms with E-state index in [9.17, 15) is 9.90 Å². The first-order chi connectivity index (χ1) is 9.66. The Morgan fingerprint density at radius 2 is 2.00 bits per heavy atom. The minimum atomic E-state index is -1.05. The third-order valence-electron chi connectivity index (χ3n) is 2.98. The first-order valence-electron chi connectivity index (χ1n) is 5.94. The van der Waals surface area contributed by atoms with Gasteiger partial charge in [0.05, 0.1) is 16.2 Å². The molecular weight excluding hydrogens is 322 g/mol. The Hall–Kier alpha value is -2.21. The molecule has 0 spiro atoms. The third-order valence-corrected chi connectivity index (χ3v) is 3.56. The van der Waals surface area contributed by atoms with Gasteiger partial charge in [0.15, 0.2) is 0 Å². The molecule has 2 heterocycles. The van der Waals surface area contributed by atoms with Crippen LogP contribution in [0.3, 0.4) is 0 Å². The van der Waals surface area contributed by atoms with E-state index in [1.807, 2.05) is 30.3 Å². The molecule has 100 valence electrons. The summed E-state index contributed by atoms with van der Waals surface area (Å²) in [5, 5.41) is 9.32. The Kier molecular flexibility index (Phi) is 3.23. The minimum Gasteiger partial charge on any atom is -0.475 e. The molecule has 0 saturated carbocycles. The second-order valence-electron chi connectivity index (χ2n) is 4.30. The van der Waals surface area contributed by atoms with Crippen molar-refractivity contribution in [3.8, 4) is 0 Å². The summed E-state index contributed by atoms with van der Waals surface area (Å²) in [6, 6.07) is 9.67. The van der Waals surface area contributed by atoms with Gasteiger partial charge in [-0.25, -0.2) is 9.78 Å². The molecule has 3 rings (SSSR count). The van der Waals surface area contributed by atoms with Gasteiger partial charge in [-0.1, -0.05) is 30.3 Å². The molecule has 6 heteroatoms. The monoisotopic (exact) mass is 331 g/mol. The average molecular weight is 332 g/mol. The van der Waals surface area contributed by atoms with Crippen LogP contribution in [0, 0.1) is 0 Å². The highest BCUT2D eigenvalue weighted by molar-refractivity contribution is 9.10. The van der Waals surface area contributed by atoms with Gasteiger partial charge in [-0.2, -0.15) is 0 Å². The summed E-state index contributed by atoms with van der Waals surface area (Å²) in [5.41, 5.74) is 2.31. The number of hydrogen-bond acceptors (Lipinski definition) is 3. The van der Waals surface area contributed by atoms with E-state index in [0.717, 1.165) is 15.6 Å². The van der Waals surface area contributed by atoms with Gasteiger partial charge in [-0.15, -0.1) is 0 Å². The number of carboxylic acids is 1. The first-order valence-corrected chi connectivity index (χ1v) is 6.73. The molecule has 0 aliphatic heterocycles. The van der Waals surface area contributed by atoms with Crippen LogP contribution in [0.2, 0.25) is 0 Å². The van der Waals surface area contributed by atoms with Gasteiger partial charge < -0.3 is 9.67 Å². The summed E-state index contributed by atoms with van der Waals surface area (Å²) >= 11 is 3.41. The van der Waals surface area contributed by atoms with Gasteiger partial charge in [0.2, 0.25) is 5.82 Å². The lowest BCUT2D eigenvalue weighted by Crippen LogP contribution is -2.10. The third kappa shape index (κ3) is 2.18. The topological polar surface area (TPSA) is 68.0 Å². The van der Waals surface area contributed by atoms with E-state index < -0.39 is 5.97 Å². The molecule has 1 aromatic carbocycles.